The number of benzene rings is 3. The van der Waals surface area contributed by atoms with Crippen molar-refractivity contribution >= 4 is 36.2 Å². The smallest absolute Gasteiger partial charge is 0.465 e. The molecule has 3 amide bonds. The van der Waals surface area contributed by atoms with Crippen molar-refractivity contribution in [3.63, 3.8) is 0 Å². The summed E-state index contributed by atoms with van der Waals surface area (Å²) in [5.74, 6) is -1.50. The van der Waals surface area contributed by atoms with Crippen LogP contribution in [0, 0.1) is 5.92 Å². The van der Waals surface area contributed by atoms with Gasteiger partial charge in [0.2, 0.25) is 11.8 Å². The SMILES string of the molecule is CC(C)[C@@H](C(=O)N[C@@H](C)C(=O)Nc1ccc(B2OC(C)(C)C(C)(C)O2)cc1)N(CC1c2ccccc2-c2ccccc21)C(=O)O. The second kappa shape index (κ2) is 12.3. The summed E-state index contributed by atoms with van der Waals surface area (Å²) < 4.78 is 12.2. The summed E-state index contributed by atoms with van der Waals surface area (Å²) in [6.07, 6.45) is -1.19. The molecule has 1 aliphatic carbocycles. The predicted molar refractivity (Wildman–Crippen MR) is 175 cm³/mol. The fourth-order valence-corrected chi connectivity index (χ4v) is 6.09. The van der Waals surface area contributed by atoms with Crippen LogP contribution >= 0.6 is 0 Å². The molecule has 3 aromatic carbocycles. The van der Waals surface area contributed by atoms with Crippen LogP contribution in [0.25, 0.3) is 11.1 Å². The van der Waals surface area contributed by atoms with Gasteiger partial charge in [-0.15, -0.1) is 0 Å². The van der Waals surface area contributed by atoms with E-state index in [1.54, 1.807) is 19.1 Å². The molecule has 5 rings (SSSR count). The van der Waals surface area contributed by atoms with Crippen LogP contribution in [-0.2, 0) is 18.9 Å². The van der Waals surface area contributed by atoms with Gasteiger partial charge in [0.1, 0.15) is 12.1 Å². The van der Waals surface area contributed by atoms with Crippen molar-refractivity contribution in [1.82, 2.24) is 10.2 Å². The average molecular weight is 612 g/mol. The Morgan fingerprint density at radius 3 is 1.82 bits per heavy atom. The molecule has 0 spiro atoms. The standard InChI is InChI=1S/C35H42BN3O6/c1-21(2)30(39(33(42)43)20-29-27-14-10-8-12-25(27)26-13-9-11-15-28(26)29)32(41)37-22(3)31(40)38-24-18-16-23(17-19-24)36-44-34(4,5)35(6,7)45-36/h8-19,21-22,29-30H,20H2,1-7H3,(H,37,41)(H,38,40)(H,42,43)/t22-,30-/m0/s1. The maximum absolute atomic E-state index is 13.6. The van der Waals surface area contributed by atoms with Gasteiger partial charge in [-0.1, -0.05) is 74.5 Å². The highest BCUT2D eigenvalue weighted by Crippen LogP contribution is 2.45. The van der Waals surface area contributed by atoms with E-state index in [0.717, 1.165) is 27.7 Å². The number of rotatable bonds is 9. The number of nitrogens with one attached hydrogen (secondary N) is 2. The molecule has 1 saturated heterocycles. The number of carboxylic acid groups (broad SMARTS) is 1. The first-order chi connectivity index (χ1) is 21.2. The highest BCUT2D eigenvalue weighted by atomic mass is 16.7. The zero-order chi connectivity index (χ0) is 32.7. The third-order valence-corrected chi connectivity index (χ3v) is 9.28. The van der Waals surface area contributed by atoms with E-state index >= 15 is 0 Å². The van der Waals surface area contributed by atoms with E-state index in [4.69, 9.17) is 9.31 Å². The Bertz CT molecular complexity index is 1530. The average Bonchev–Trinajstić information content (AvgIpc) is 3.41. The largest absolute Gasteiger partial charge is 0.494 e. The minimum atomic E-state index is -1.19. The summed E-state index contributed by atoms with van der Waals surface area (Å²) in [6, 6.07) is 21.2. The summed E-state index contributed by atoms with van der Waals surface area (Å²) in [5.41, 5.74) is 4.66. The van der Waals surface area contributed by atoms with Crippen molar-refractivity contribution in [2.45, 2.75) is 77.7 Å². The van der Waals surface area contributed by atoms with Crippen LogP contribution in [0.5, 0.6) is 0 Å². The molecular weight excluding hydrogens is 569 g/mol. The first kappa shape index (κ1) is 32.3. The Balaban J connectivity index is 1.26. The number of carbonyl (C=O) groups is 3. The molecule has 1 heterocycles. The molecule has 0 unspecified atom stereocenters. The number of fused-ring (bicyclic) bond motifs is 3. The number of hydrogen-bond acceptors (Lipinski definition) is 5. The zero-order valence-electron chi connectivity index (χ0n) is 27.0. The normalized spacial score (nSPS) is 17.7. The maximum atomic E-state index is 13.6. The van der Waals surface area contributed by atoms with Crippen molar-refractivity contribution in [3.05, 3.63) is 83.9 Å². The number of hydrogen-bond donors (Lipinski definition) is 3. The first-order valence-corrected chi connectivity index (χ1v) is 15.4. The van der Waals surface area contributed by atoms with Gasteiger partial charge in [-0.3, -0.25) is 14.5 Å². The second-order valence-electron chi connectivity index (χ2n) is 13.3. The molecule has 10 heteroatoms. The van der Waals surface area contributed by atoms with E-state index in [-0.39, 0.29) is 18.4 Å². The summed E-state index contributed by atoms with van der Waals surface area (Å²) in [4.78, 5) is 40.6. The van der Waals surface area contributed by atoms with Crippen LogP contribution in [0.2, 0.25) is 0 Å². The summed E-state index contributed by atoms with van der Waals surface area (Å²) in [5, 5.41) is 15.9. The molecule has 1 aliphatic heterocycles. The molecule has 3 aromatic rings. The fraction of sp³-hybridized carbons (Fsp3) is 0.400. The lowest BCUT2D eigenvalue weighted by atomic mass is 9.79. The highest BCUT2D eigenvalue weighted by molar-refractivity contribution is 6.62. The molecule has 2 atom stereocenters. The molecule has 0 radical (unpaired) electrons. The van der Waals surface area contributed by atoms with Gasteiger partial charge in [0, 0.05) is 18.2 Å². The summed E-state index contributed by atoms with van der Waals surface area (Å²) in [6.45, 7) is 13.3. The third kappa shape index (κ3) is 6.35. The van der Waals surface area contributed by atoms with Crippen LogP contribution in [0.15, 0.2) is 72.8 Å². The van der Waals surface area contributed by atoms with Crippen LogP contribution in [0.1, 0.15) is 65.5 Å². The van der Waals surface area contributed by atoms with Gasteiger partial charge in [-0.25, -0.2) is 4.79 Å². The maximum Gasteiger partial charge on any atom is 0.494 e. The van der Waals surface area contributed by atoms with Crippen molar-refractivity contribution in [2.24, 2.45) is 5.92 Å². The minimum absolute atomic E-state index is 0.106. The molecule has 0 bridgehead atoms. The van der Waals surface area contributed by atoms with Crippen molar-refractivity contribution in [3.8, 4) is 11.1 Å². The molecule has 9 nitrogen and oxygen atoms in total. The van der Waals surface area contributed by atoms with E-state index in [9.17, 15) is 19.5 Å². The van der Waals surface area contributed by atoms with Crippen molar-refractivity contribution < 1.29 is 28.8 Å². The van der Waals surface area contributed by atoms with Gasteiger partial charge in [0.25, 0.3) is 0 Å². The van der Waals surface area contributed by atoms with Gasteiger partial charge in [0.15, 0.2) is 0 Å². The minimum Gasteiger partial charge on any atom is -0.465 e. The Morgan fingerprint density at radius 1 is 0.822 bits per heavy atom. The molecule has 0 saturated carbocycles. The molecule has 1 fully saturated rings. The van der Waals surface area contributed by atoms with E-state index in [1.807, 2.05) is 102 Å². The number of nitrogens with zero attached hydrogens (tertiary/aromatic N) is 1. The lowest BCUT2D eigenvalue weighted by molar-refractivity contribution is -0.130. The van der Waals surface area contributed by atoms with Crippen LogP contribution < -0.4 is 16.1 Å². The molecule has 45 heavy (non-hydrogen) atoms. The molecule has 236 valence electrons. The lowest BCUT2D eigenvalue weighted by Crippen LogP contribution is -2.56. The second-order valence-corrected chi connectivity index (χ2v) is 13.3. The van der Waals surface area contributed by atoms with E-state index in [1.165, 1.54) is 4.90 Å². The van der Waals surface area contributed by atoms with Gasteiger partial charge < -0.3 is 25.0 Å². The van der Waals surface area contributed by atoms with Crippen molar-refractivity contribution in [2.75, 3.05) is 11.9 Å². The monoisotopic (exact) mass is 611 g/mol. The fourth-order valence-electron chi connectivity index (χ4n) is 6.09. The van der Waals surface area contributed by atoms with E-state index in [0.29, 0.717) is 5.69 Å². The molecular formula is C35H42BN3O6. The predicted octanol–water partition coefficient (Wildman–Crippen LogP) is 5.25. The quantitative estimate of drug-likeness (QED) is 0.285. The lowest BCUT2D eigenvalue weighted by Gasteiger charge is -2.34. The Labute approximate surface area is 265 Å². The Hall–Kier alpha value is -4.15. The summed E-state index contributed by atoms with van der Waals surface area (Å²) in [7, 11) is -0.519. The van der Waals surface area contributed by atoms with E-state index in [2.05, 4.69) is 10.6 Å². The van der Waals surface area contributed by atoms with Gasteiger partial charge in [-0.05, 0) is 80.4 Å². The number of anilines is 1. The molecule has 2 aliphatic rings. The third-order valence-electron chi connectivity index (χ3n) is 9.28. The van der Waals surface area contributed by atoms with Crippen LogP contribution in [0.4, 0.5) is 10.5 Å². The molecule has 3 N–H and O–H groups in total. The Morgan fingerprint density at radius 2 is 1.33 bits per heavy atom. The van der Waals surface area contributed by atoms with Gasteiger partial charge in [0.05, 0.1) is 11.2 Å². The van der Waals surface area contributed by atoms with Crippen LogP contribution in [-0.4, -0.2) is 64.9 Å². The number of carbonyl (C=O) groups excluding carboxylic acids is 2. The summed E-state index contributed by atoms with van der Waals surface area (Å²) >= 11 is 0. The van der Waals surface area contributed by atoms with Crippen molar-refractivity contribution in [1.29, 1.82) is 0 Å². The molecule has 0 aromatic heterocycles. The van der Waals surface area contributed by atoms with E-state index < -0.39 is 48.3 Å². The Kier molecular flexibility index (Phi) is 8.84. The first-order valence-electron chi connectivity index (χ1n) is 15.4. The van der Waals surface area contributed by atoms with Gasteiger partial charge in [-0.2, -0.15) is 0 Å². The van der Waals surface area contributed by atoms with Crippen LogP contribution in [0.3, 0.4) is 0 Å². The topological polar surface area (TPSA) is 117 Å². The van der Waals surface area contributed by atoms with Gasteiger partial charge >= 0.3 is 13.2 Å². The number of amides is 3. The zero-order valence-corrected chi connectivity index (χ0v) is 27.0. The highest BCUT2D eigenvalue weighted by Gasteiger charge is 2.51.